The predicted octanol–water partition coefficient (Wildman–Crippen LogP) is 2.32. The molecule has 1 aromatic carbocycles. The van der Waals surface area contributed by atoms with Crippen LogP contribution < -0.4 is 11.1 Å². The normalized spacial score (nSPS) is 14.9. The molecule has 0 radical (unpaired) electrons. The molecule has 0 aromatic heterocycles. The van der Waals surface area contributed by atoms with Crippen LogP contribution in [0.25, 0.3) is 0 Å². The lowest BCUT2D eigenvalue weighted by Crippen LogP contribution is -2.59. The van der Waals surface area contributed by atoms with Crippen LogP contribution in [0.2, 0.25) is 0 Å². The number of benzene rings is 1. The summed E-state index contributed by atoms with van der Waals surface area (Å²) in [6.45, 7) is 0.343. The fraction of sp³-hybridized carbons (Fsp3) is 0.300. The molecule has 0 fully saturated rings. The Labute approximate surface area is 103 Å². The van der Waals surface area contributed by atoms with Gasteiger partial charge in [0.15, 0.2) is 17.2 Å². The standard InChI is InChI=1S/C10H8F6N2O/c1-9(17,10(14,15)16)8(19)18-6-3-4(11)2-5(12)7(6)13/h2-3H,17H2,1H3,(H,18,19). The second kappa shape index (κ2) is 4.72. The van der Waals surface area contributed by atoms with Gasteiger partial charge in [0, 0.05) is 12.1 Å². The molecule has 0 aliphatic rings. The first-order valence-electron chi connectivity index (χ1n) is 4.78. The Kier molecular flexibility index (Phi) is 3.80. The Balaban J connectivity index is 3.08. The van der Waals surface area contributed by atoms with Crippen molar-refractivity contribution in [2.24, 2.45) is 5.73 Å². The zero-order valence-electron chi connectivity index (χ0n) is 9.41. The third-order valence-corrected chi connectivity index (χ3v) is 2.30. The molecular formula is C10H8F6N2O. The van der Waals surface area contributed by atoms with E-state index in [4.69, 9.17) is 5.73 Å². The summed E-state index contributed by atoms with van der Waals surface area (Å²) >= 11 is 0. The molecule has 1 amide bonds. The zero-order chi connectivity index (χ0) is 15.0. The highest BCUT2D eigenvalue weighted by Gasteiger charge is 2.54. The van der Waals surface area contributed by atoms with Crippen molar-refractivity contribution >= 4 is 11.6 Å². The number of carbonyl (C=O) groups is 1. The Bertz CT molecular complexity index is 511. The molecule has 1 rings (SSSR count). The van der Waals surface area contributed by atoms with E-state index < -0.39 is 40.8 Å². The van der Waals surface area contributed by atoms with Crippen molar-refractivity contribution in [3.8, 4) is 0 Å². The maximum Gasteiger partial charge on any atom is 0.415 e. The third kappa shape index (κ3) is 2.98. The minimum Gasteiger partial charge on any atom is -0.322 e. The van der Waals surface area contributed by atoms with Gasteiger partial charge in [0.05, 0.1) is 5.69 Å². The lowest BCUT2D eigenvalue weighted by atomic mass is 10.0. The third-order valence-electron chi connectivity index (χ3n) is 2.30. The summed E-state index contributed by atoms with van der Waals surface area (Å²) in [6.07, 6.45) is -5.11. The molecule has 1 atom stereocenters. The molecule has 1 unspecified atom stereocenters. The van der Waals surface area contributed by atoms with Gasteiger partial charge in [-0.1, -0.05) is 0 Å². The number of nitrogens with one attached hydrogen (secondary N) is 1. The van der Waals surface area contributed by atoms with E-state index in [0.29, 0.717) is 13.0 Å². The van der Waals surface area contributed by atoms with Gasteiger partial charge in [0.1, 0.15) is 5.82 Å². The van der Waals surface area contributed by atoms with Crippen LogP contribution in [-0.4, -0.2) is 17.6 Å². The van der Waals surface area contributed by atoms with E-state index in [1.807, 2.05) is 0 Å². The van der Waals surface area contributed by atoms with Crippen molar-refractivity contribution in [1.82, 2.24) is 0 Å². The highest BCUT2D eigenvalue weighted by molar-refractivity contribution is 5.98. The molecule has 19 heavy (non-hydrogen) atoms. The van der Waals surface area contributed by atoms with Gasteiger partial charge in [-0.15, -0.1) is 0 Å². The number of alkyl halides is 3. The second-order valence-electron chi connectivity index (χ2n) is 3.90. The summed E-state index contributed by atoms with van der Waals surface area (Å²) in [4.78, 5) is 11.3. The molecular weight excluding hydrogens is 278 g/mol. The Morgan fingerprint density at radius 1 is 1.21 bits per heavy atom. The molecule has 0 heterocycles. The average molecular weight is 286 g/mol. The number of nitrogens with two attached hydrogens (primary N) is 1. The van der Waals surface area contributed by atoms with Crippen LogP contribution in [0.15, 0.2) is 12.1 Å². The summed E-state index contributed by atoms with van der Waals surface area (Å²) < 4.78 is 76.0. The van der Waals surface area contributed by atoms with Crippen LogP contribution in [0.4, 0.5) is 32.0 Å². The molecule has 0 bridgehead atoms. The first-order valence-corrected chi connectivity index (χ1v) is 4.78. The van der Waals surface area contributed by atoms with E-state index in [0.717, 1.165) is 0 Å². The first-order chi connectivity index (χ1) is 8.46. The Morgan fingerprint density at radius 2 is 1.74 bits per heavy atom. The highest BCUT2D eigenvalue weighted by Crippen LogP contribution is 2.29. The molecule has 3 nitrogen and oxygen atoms in total. The fourth-order valence-corrected chi connectivity index (χ4v) is 1.03. The summed E-state index contributed by atoms with van der Waals surface area (Å²) in [6, 6.07) is 0.513. The lowest BCUT2D eigenvalue weighted by Gasteiger charge is -2.26. The molecule has 0 saturated heterocycles. The Morgan fingerprint density at radius 3 is 2.21 bits per heavy atom. The zero-order valence-corrected chi connectivity index (χ0v) is 9.41. The van der Waals surface area contributed by atoms with Gasteiger partial charge in [0.25, 0.3) is 5.91 Å². The SMILES string of the molecule is CC(N)(C(=O)Nc1cc(F)cc(F)c1F)C(F)(F)F. The number of rotatable bonds is 2. The van der Waals surface area contributed by atoms with E-state index in [-0.39, 0.29) is 6.07 Å². The van der Waals surface area contributed by atoms with Crippen molar-refractivity contribution in [2.45, 2.75) is 18.6 Å². The summed E-state index contributed by atoms with van der Waals surface area (Å²) in [5.41, 5.74) is 0.367. The number of amides is 1. The smallest absolute Gasteiger partial charge is 0.322 e. The monoisotopic (exact) mass is 286 g/mol. The van der Waals surface area contributed by atoms with Gasteiger partial charge in [-0.2, -0.15) is 13.2 Å². The van der Waals surface area contributed by atoms with Gasteiger partial charge in [-0.3, -0.25) is 4.79 Å². The van der Waals surface area contributed by atoms with E-state index in [1.54, 1.807) is 0 Å². The molecule has 1 aromatic rings. The number of hydrogen-bond donors (Lipinski definition) is 2. The van der Waals surface area contributed by atoms with Crippen LogP contribution >= 0.6 is 0 Å². The summed E-state index contributed by atoms with van der Waals surface area (Å²) in [5, 5.41) is 1.40. The molecule has 0 spiro atoms. The van der Waals surface area contributed by atoms with E-state index in [2.05, 4.69) is 0 Å². The number of carbonyl (C=O) groups excluding carboxylic acids is 1. The van der Waals surface area contributed by atoms with Gasteiger partial charge in [-0.25, -0.2) is 13.2 Å². The predicted molar refractivity (Wildman–Crippen MR) is 53.6 cm³/mol. The molecule has 3 N–H and O–H groups in total. The van der Waals surface area contributed by atoms with Gasteiger partial charge in [0.2, 0.25) is 0 Å². The maximum absolute atomic E-state index is 13.1. The van der Waals surface area contributed by atoms with Gasteiger partial charge in [-0.05, 0) is 6.92 Å². The minimum absolute atomic E-state index is 0.177. The summed E-state index contributed by atoms with van der Waals surface area (Å²) in [7, 11) is 0. The quantitative estimate of drug-likeness (QED) is 0.647. The summed E-state index contributed by atoms with van der Waals surface area (Å²) in [5.74, 6) is -6.45. The molecule has 0 aliphatic heterocycles. The fourth-order valence-electron chi connectivity index (χ4n) is 1.03. The molecule has 0 saturated carbocycles. The molecule has 0 aliphatic carbocycles. The number of anilines is 1. The van der Waals surface area contributed by atoms with E-state index >= 15 is 0 Å². The molecule has 9 heteroatoms. The number of hydrogen-bond acceptors (Lipinski definition) is 2. The van der Waals surface area contributed by atoms with Crippen LogP contribution in [-0.2, 0) is 4.79 Å². The Hall–Kier alpha value is -1.77. The largest absolute Gasteiger partial charge is 0.415 e. The van der Waals surface area contributed by atoms with Crippen molar-refractivity contribution in [1.29, 1.82) is 0 Å². The van der Waals surface area contributed by atoms with Crippen LogP contribution in [0.3, 0.4) is 0 Å². The van der Waals surface area contributed by atoms with Crippen LogP contribution in [0.5, 0.6) is 0 Å². The highest BCUT2D eigenvalue weighted by atomic mass is 19.4. The first kappa shape index (κ1) is 15.3. The maximum atomic E-state index is 13.1. The minimum atomic E-state index is -5.11. The topological polar surface area (TPSA) is 55.1 Å². The average Bonchev–Trinajstić information content (AvgIpc) is 2.23. The van der Waals surface area contributed by atoms with Crippen molar-refractivity contribution in [2.75, 3.05) is 5.32 Å². The molecule has 106 valence electrons. The van der Waals surface area contributed by atoms with Gasteiger partial charge >= 0.3 is 6.18 Å². The van der Waals surface area contributed by atoms with Crippen molar-refractivity contribution in [3.05, 3.63) is 29.6 Å². The van der Waals surface area contributed by atoms with Gasteiger partial charge < -0.3 is 11.1 Å². The van der Waals surface area contributed by atoms with Crippen molar-refractivity contribution < 1.29 is 31.1 Å². The van der Waals surface area contributed by atoms with Crippen LogP contribution in [0, 0.1) is 17.5 Å². The van der Waals surface area contributed by atoms with Crippen LogP contribution in [0.1, 0.15) is 6.92 Å². The van der Waals surface area contributed by atoms with E-state index in [9.17, 15) is 31.1 Å². The second-order valence-corrected chi connectivity index (χ2v) is 3.90. The number of halogens is 6. The van der Waals surface area contributed by atoms with Crippen molar-refractivity contribution in [3.63, 3.8) is 0 Å². The lowest BCUT2D eigenvalue weighted by molar-refractivity contribution is -0.184. The van der Waals surface area contributed by atoms with E-state index in [1.165, 1.54) is 5.32 Å².